The Kier molecular flexibility index (Phi) is 4.35. The van der Waals surface area contributed by atoms with Gasteiger partial charge in [-0.2, -0.15) is 0 Å². The van der Waals surface area contributed by atoms with E-state index < -0.39 is 6.29 Å². The molecular weight excluding hydrogens is 308 g/mol. The van der Waals surface area contributed by atoms with E-state index in [1.807, 2.05) is 12.1 Å². The van der Waals surface area contributed by atoms with Crippen molar-refractivity contribution in [2.45, 2.75) is 6.29 Å². The van der Waals surface area contributed by atoms with Gasteiger partial charge >= 0.3 is 0 Å². The highest BCUT2D eigenvalue weighted by Gasteiger charge is 2.09. The molecule has 0 aliphatic rings. The maximum Gasteiger partial charge on any atom is 0.216 e. The maximum absolute atomic E-state index is 12.4. The van der Waals surface area contributed by atoms with Gasteiger partial charge in [-0.1, -0.05) is 6.58 Å². The third-order valence-corrected chi connectivity index (χ3v) is 3.53. The molecule has 0 aliphatic carbocycles. The van der Waals surface area contributed by atoms with Crippen LogP contribution in [0.1, 0.15) is 0 Å². The monoisotopic (exact) mass is 324 g/mol. The van der Waals surface area contributed by atoms with Crippen molar-refractivity contribution < 1.29 is 19.0 Å². The summed E-state index contributed by atoms with van der Waals surface area (Å²) < 4.78 is 16.1. The number of ether oxygens (including phenoxy) is 2. The van der Waals surface area contributed by atoms with Crippen LogP contribution in [0.15, 0.2) is 70.4 Å². The van der Waals surface area contributed by atoms with Gasteiger partial charge in [0.25, 0.3) is 0 Å². The largest absolute Gasteiger partial charge is 0.497 e. The zero-order valence-electron chi connectivity index (χ0n) is 13.1. The van der Waals surface area contributed by atoms with E-state index in [9.17, 15) is 9.90 Å². The van der Waals surface area contributed by atoms with Crippen LogP contribution in [0.25, 0.3) is 22.3 Å². The first-order valence-corrected chi connectivity index (χ1v) is 7.30. The summed E-state index contributed by atoms with van der Waals surface area (Å²) in [6.07, 6.45) is 0.118. The molecule has 3 aromatic rings. The van der Waals surface area contributed by atoms with Gasteiger partial charge < -0.3 is 19.0 Å². The van der Waals surface area contributed by atoms with E-state index in [0.29, 0.717) is 22.5 Å². The Morgan fingerprint density at radius 1 is 1.12 bits per heavy atom. The second-order valence-electron chi connectivity index (χ2n) is 5.11. The van der Waals surface area contributed by atoms with Gasteiger partial charge in [0, 0.05) is 11.6 Å². The lowest BCUT2D eigenvalue weighted by Crippen LogP contribution is -2.11. The third kappa shape index (κ3) is 3.16. The van der Waals surface area contributed by atoms with Crippen LogP contribution in [0.2, 0.25) is 0 Å². The molecule has 0 amide bonds. The Morgan fingerprint density at radius 2 is 1.83 bits per heavy atom. The number of hydrogen-bond acceptors (Lipinski definition) is 5. The normalized spacial score (nSPS) is 11.9. The van der Waals surface area contributed by atoms with Gasteiger partial charge in [0.15, 0.2) is 5.43 Å². The summed E-state index contributed by atoms with van der Waals surface area (Å²) in [5.74, 6) is 1.55. The quantitative estimate of drug-likeness (QED) is 0.576. The highest BCUT2D eigenvalue weighted by Crippen LogP contribution is 2.26. The van der Waals surface area contributed by atoms with E-state index in [1.165, 1.54) is 18.2 Å². The summed E-state index contributed by atoms with van der Waals surface area (Å²) in [7, 11) is 1.59. The SMILES string of the molecule is C=CC(O)Oc1ccc2oc(-c3ccc(OC)cc3)cc(=O)c2c1. The lowest BCUT2D eigenvalue weighted by molar-refractivity contribution is 0.0252. The molecular formula is C19H16O5. The van der Waals surface area contributed by atoms with Gasteiger partial charge in [-0.3, -0.25) is 4.79 Å². The van der Waals surface area contributed by atoms with Gasteiger partial charge in [0.1, 0.15) is 22.8 Å². The number of methoxy groups -OCH3 is 1. The molecule has 1 aromatic heterocycles. The molecule has 0 bridgehead atoms. The van der Waals surface area contributed by atoms with E-state index in [2.05, 4.69) is 6.58 Å². The topological polar surface area (TPSA) is 68.9 Å². The lowest BCUT2D eigenvalue weighted by atomic mass is 10.1. The minimum absolute atomic E-state index is 0.194. The van der Waals surface area contributed by atoms with Crippen LogP contribution in [0.4, 0.5) is 0 Å². The molecule has 5 heteroatoms. The number of rotatable bonds is 5. The molecule has 24 heavy (non-hydrogen) atoms. The van der Waals surface area contributed by atoms with Crippen LogP contribution < -0.4 is 14.9 Å². The molecule has 0 spiro atoms. The van der Waals surface area contributed by atoms with Crippen LogP contribution in [-0.4, -0.2) is 18.5 Å². The molecule has 0 fully saturated rings. The molecule has 0 radical (unpaired) electrons. The molecule has 1 unspecified atom stereocenters. The minimum Gasteiger partial charge on any atom is -0.497 e. The van der Waals surface area contributed by atoms with Crippen LogP contribution in [0.3, 0.4) is 0 Å². The fourth-order valence-electron chi connectivity index (χ4n) is 2.29. The molecule has 1 atom stereocenters. The zero-order valence-corrected chi connectivity index (χ0v) is 13.1. The van der Waals surface area contributed by atoms with Gasteiger partial charge in [0.05, 0.1) is 12.5 Å². The number of fused-ring (bicyclic) bond motifs is 1. The smallest absolute Gasteiger partial charge is 0.216 e. The van der Waals surface area contributed by atoms with Crippen molar-refractivity contribution >= 4 is 11.0 Å². The van der Waals surface area contributed by atoms with Crippen molar-refractivity contribution in [1.82, 2.24) is 0 Å². The summed E-state index contributed by atoms with van der Waals surface area (Å²) in [6.45, 7) is 3.43. The van der Waals surface area contributed by atoms with E-state index in [4.69, 9.17) is 13.9 Å². The van der Waals surface area contributed by atoms with E-state index in [0.717, 1.165) is 11.3 Å². The van der Waals surface area contributed by atoms with Gasteiger partial charge in [0.2, 0.25) is 6.29 Å². The van der Waals surface area contributed by atoms with Crippen molar-refractivity contribution in [3.63, 3.8) is 0 Å². The maximum atomic E-state index is 12.4. The zero-order chi connectivity index (χ0) is 17.1. The van der Waals surface area contributed by atoms with Gasteiger partial charge in [-0.05, 0) is 48.5 Å². The number of aliphatic hydroxyl groups excluding tert-OH is 1. The standard InChI is InChI=1S/C19H16O5/c1-3-19(21)23-14-8-9-17-15(10-14)16(20)11-18(24-17)12-4-6-13(22-2)7-5-12/h3-11,19,21H,1H2,2H3. The van der Waals surface area contributed by atoms with Crippen LogP contribution in [0.5, 0.6) is 11.5 Å². The molecule has 3 rings (SSSR count). The average Bonchev–Trinajstić information content (AvgIpc) is 2.62. The molecule has 0 aliphatic heterocycles. The number of hydrogen-bond donors (Lipinski definition) is 1. The van der Waals surface area contributed by atoms with E-state index >= 15 is 0 Å². The summed E-state index contributed by atoms with van der Waals surface area (Å²) in [5.41, 5.74) is 1.02. The average molecular weight is 324 g/mol. The van der Waals surface area contributed by atoms with Crippen molar-refractivity contribution in [2.24, 2.45) is 0 Å². The molecule has 2 aromatic carbocycles. The lowest BCUT2D eigenvalue weighted by Gasteiger charge is -2.10. The predicted octanol–water partition coefficient (Wildman–Crippen LogP) is 3.35. The summed E-state index contributed by atoms with van der Waals surface area (Å²) in [4.78, 5) is 12.4. The van der Waals surface area contributed by atoms with E-state index in [1.54, 1.807) is 31.4 Å². The number of benzene rings is 2. The van der Waals surface area contributed by atoms with Crippen LogP contribution in [0, 0.1) is 0 Å². The van der Waals surface area contributed by atoms with Crippen LogP contribution in [-0.2, 0) is 0 Å². The Bertz CT molecular complexity index is 925. The van der Waals surface area contributed by atoms with Crippen molar-refractivity contribution in [1.29, 1.82) is 0 Å². The minimum atomic E-state index is -1.13. The summed E-state index contributed by atoms with van der Waals surface area (Å²) in [5, 5.41) is 9.81. The van der Waals surface area contributed by atoms with Gasteiger partial charge in [-0.25, -0.2) is 0 Å². The van der Waals surface area contributed by atoms with Crippen molar-refractivity contribution in [3.05, 3.63) is 71.4 Å². The Morgan fingerprint density at radius 3 is 2.50 bits per heavy atom. The fraction of sp³-hybridized carbons (Fsp3) is 0.105. The van der Waals surface area contributed by atoms with Crippen molar-refractivity contribution in [2.75, 3.05) is 7.11 Å². The Hall–Kier alpha value is -3.05. The first-order valence-electron chi connectivity index (χ1n) is 7.30. The first-order chi connectivity index (χ1) is 11.6. The van der Waals surface area contributed by atoms with E-state index in [-0.39, 0.29) is 5.43 Å². The molecule has 1 N–H and O–H groups in total. The summed E-state index contributed by atoms with van der Waals surface area (Å²) >= 11 is 0. The highest BCUT2D eigenvalue weighted by molar-refractivity contribution is 5.80. The molecule has 5 nitrogen and oxygen atoms in total. The van der Waals surface area contributed by atoms with Gasteiger partial charge in [-0.15, -0.1) is 0 Å². The predicted molar refractivity (Wildman–Crippen MR) is 91.3 cm³/mol. The van der Waals surface area contributed by atoms with Crippen LogP contribution >= 0.6 is 0 Å². The Labute approximate surface area is 138 Å². The second kappa shape index (κ2) is 6.60. The molecule has 1 heterocycles. The fourth-order valence-corrected chi connectivity index (χ4v) is 2.29. The van der Waals surface area contributed by atoms with Crippen molar-refractivity contribution in [3.8, 4) is 22.8 Å². The molecule has 0 saturated carbocycles. The molecule has 122 valence electrons. The summed E-state index contributed by atoms with van der Waals surface area (Å²) in [6, 6.07) is 13.5. The third-order valence-electron chi connectivity index (χ3n) is 3.53. The Balaban J connectivity index is 2.02. The second-order valence-corrected chi connectivity index (χ2v) is 5.11. The highest BCUT2D eigenvalue weighted by atomic mass is 16.6. The first kappa shape index (κ1) is 15.8. The number of aliphatic hydroxyl groups is 1. The molecule has 0 saturated heterocycles.